The normalized spacial score (nSPS) is 21.5. The highest BCUT2D eigenvalue weighted by molar-refractivity contribution is 7.98. The van der Waals surface area contributed by atoms with E-state index in [4.69, 9.17) is 0 Å². The number of amides is 1. The minimum Gasteiger partial charge on any atom is -0.378 e. The molecule has 31 heavy (non-hydrogen) atoms. The number of allylic oxidation sites excluding steroid dienone is 2. The van der Waals surface area contributed by atoms with Gasteiger partial charge in [-0.05, 0) is 73.1 Å². The molecule has 2 aromatic rings. The first-order chi connectivity index (χ1) is 15.1. The maximum Gasteiger partial charge on any atom is 0.251 e. The Balaban J connectivity index is 1.51. The number of likely N-dealkylation sites (N-methyl/N-ethyl adjacent to an activating group) is 1. The SMILES string of the molecule is CCN(CC)CCNC(=O)c1ccc2c(c1)C1C=CCC1C(c1ccc(SC)cc1)N2. The maximum atomic E-state index is 12.8. The van der Waals surface area contributed by atoms with Gasteiger partial charge in [0.15, 0.2) is 0 Å². The van der Waals surface area contributed by atoms with E-state index >= 15 is 0 Å². The third-order valence-electron chi connectivity index (χ3n) is 6.71. The molecule has 4 rings (SSSR count). The molecule has 2 aromatic carbocycles. The Morgan fingerprint density at radius 3 is 2.65 bits per heavy atom. The first kappa shape index (κ1) is 22.0. The van der Waals surface area contributed by atoms with Crippen LogP contribution in [0.25, 0.3) is 0 Å². The average molecular weight is 436 g/mol. The molecule has 1 aliphatic heterocycles. The number of thioether (sulfide) groups is 1. The van der Waals surface area contributed by atoms with Crippen LogP contribution in [0.3, 0.4) is 0 Å². The Hall–Kier alpha value is -2.24. The summed E-state index contributed by atoms with van der Waals surface area (Å²) in [5.41, 5.74) is 4.47. The van der Waals surface area contributed by atoms with E-state index in [0.29, 0.717) is 18.4 Å². The predicted molar refractivity (Wildman–Crippen MR) is 131 cm³/mol. The van der Waals surface area contributed by atoms with Crippen LogP contribution >= 0.6 is 11.8 Å². The monoisotopic (exact) mass is 435 g/mol. The van der Waals surface area contributed by atoms with E-state index < -0.39 is 0 Å². The van der Waals surface area contributed by atoms with Crippen LogP contribution < -0.4 is 10.6 Å². The largest absolute Gasteiger partial charge is 0.378 e. The van der Waals surface area contributed by atoms with Gasteiger partial charge in [-0.25, -0.2) is 0 Å². The summed E-state index contributed by atoms with van der Waals surface area (Å²) in [6.45, 7) is 7.88. The molecule has 1 amide bonds. The molecule has 164 valence electrons. The second-order valence-electron chi connectivity index (χ2n) is 8.33. The van der Waals surface area contributed by atoms with Gasteiger partial charge in [0.05, 0.1) is 6.04 Å². The Labute approximate surface area is 190 Å². The molecule has 0 fully saturated rings. The average Bonchev–Trinajstić information content (AvgIpc) is 3.31. The van der Waals surface area contributed by atoms with Crippen LogP contribution in [0.4, 0.5) is 5.69 Å². The van der Waals surface area contributed by atoms with E-state index in [1.165, 1.54) is 16.0 Å². The molecule has 3 atom stereocenters. The smallest absolute Gasteiger partial charge is 0.251 e. The van der Waals surface area contributed by atoms with Crippen LogP contribution in [-0.2, 0) is 0 Å². The van der Waals surface area contributed by atoms with Gasteiger partial charge in [-0.2, -0.15) is 0 Å². The van der Waals surface area contributed by atoms with Crippen molar-refractivity contribution in [1.82, 2.24) is 10.2 Å². The minimum atomic E-state index is 0.0169. The molecule has 1 heterocycles. The predicted octanol–water partition coefficient (Wildman–Crippen LogP) is 5.31. The number of anilines is 1. The third-order valence-corrected chi connectivity index (χ3v) is 7.45. The number of fused-ring (bicyclic) bond motifs is 3. The van der Waals surface area contributed by atoms with Crippen LogP contribution in [0, 0.1) is 5.92 Å². The molecule has 0 saturated carbocycles. The number of carbonyl (C=O) groups excluding carboxylic acids is 1. The highest BCUT2D eigenvalue weighted by Gasteiger charge is 2.38. The van der Waals surface area contributed by atoms with E-state index in [1.54, 1.807) is 11.8 Å². The zero-order chi connectivity index (χ0) is 21.8. The summed E-state index contributed by atoms with van der Waals surface area (Å²) in [5, 5.41) is 6.87. The van der Waals surface area contributed by atoms with Gasteiger partial charge in [-0.1, -0.05) is 38.1 Å². The molecular formula is C26H33N3OS. The van der Waals surface area contributed by atoms with Crippen molar-refractivity contribution in [3.8, 4) is 0 Å². The lowest BCUT2D eigenvalue weighted by Gasteiger charge is -2.37. The number of nitrogens with one attached hydrogen (secondary N) is 2. The lowest BCUT2D eigenvalue weighted by atomic mass is 9.76. The van der Waals surface area contributed by atoms with E-state index in [0.717, 1.165) is 37.3 Å². The van der Waals surface area contributed by atoms with Crippen molar-refractivity contribution in [2.45, 2.75) is 37.1 Å². The lowest BCUT2D eigenvalue weighted by molar-refractivity contribution is 0.0948. The molecule has 2 N–H and O–H groups in total. The van der Waals surface area contributed by atoms with Crippen LogP contribution in [0.5, 0.6) is 0 Å². The fourth-order valence-corrected chi connectivity index (χ4v) is 5.25. The Kier molecular flexibility index (Phi) is 7.03. The zero-order valence-corrected chi connectivity index (χ0v) is 19.5. The lowest BCUT2D eigenvalue weighted by Crippen LogP contribution is -2.35. The van der Waals surface area contributed by atoms with Gasteiger partial charge >= 0.3 is 0 Å². The molecular weight excluding hydrogens is 402 g/mol. The molecule has 3 unspecified atom stereocenters. The van der Waals surface area contributed by atoms with Gasteiger partial charge in [0.2, 0.25) is 0 Å². The van der Waals surface area contributed by atoms with E-state index in [1.807, 2.05) is 6.07 Å². The second kappa shape index (κ2) is 9.92. The van der Waals surface area contributed by atoms with E-state index in [-0.39, 0.29) is 11.9 Å². The summed E-state index contributed by atoms with van der Waals surface area (Å²) >= 11 is 1.77. The number of hydrogen-bond donors (Lipinski definition) is 2. The molecule has 5 heteroatoms. The Morgan fingerprint density at radius 2 is 1.94 bits per heavy atom. The molecule has 0 bridgehead atoms. The number of rotatable bonds is 8. The molecule has 0 spiro atoms. The highest BCUT2D eigenvalue weighted by atomic mass is 32.2. The quantitative estimate of drug-likeness (QED) is 0.436. The molecule has 0 saturated heterocycles. The first-order valence-electron chi connectivity index (χ1n) is 11.4. The van der Waals surface area contributed by atoms with Gasteiger partial charge in [0.25, 0.3) is 5.91 Å². The van der Waals surface area contributed by atoms with Crippen molar-refractivity contribution >= 4 is 23.4 Å². The van der Waals surface area contributed by atoms with Gasteiger partial charge in [-0.3, -0.25) is 4.79 Å². The zero-order valence-electron chi connectivity index (χ0n) is 18.7. The highest BCUT2D eigenvalue weighted by Crippen LogP contribution is 2.50. The number of hydrogen-bond acceptors (Lipinski definition) is 4. The van der Waals surface area contributed by atoms with Crippen LogP contribution in [0.1, 0.15) is 53.7 Å². The van der Waals surface area contributed by atoms with Gasteiger partial charge in [0.1, 0.15) is 0 Å². The molecule has 1 aliphatic carbocycles. The molecule has 2 aliphatic rings. The molecule has 0 radical (unpaired) electrons. The van der Waals surface area contributed by atoms with Gasteiger partial charge in [0, 0.05) is 35.2 Å². The summed E-state index contributed by atoms with van der Waals surface area (Å²) in [4.78, 5) is 16.4. The van der Waals surface area contributed by atoms with Crippen molar-refractivity contribution in [2.75, 3.05) is 37.8 Å². The van der Waals surface area contributed by atoms with E-state index in [9.17, 15) is 4.79 Å². The first-order valence-corrected chi connectivity index (χ1v) is 12.6. The number of nitrogens with zero attached hydrogens (tertiary/aromatic N) is 1. The standard InChI is InChI=1S/C26H33N3OS/c1-4-29(5-2)16-15-27-26(30)19-11-14-24-23(17-19)21-7-6-8-22(21)25(28-24)18-9-12-20(31-3)13-10-18/h6-7,9-14,17,21-22,25,28H,4-5,8,15-16H2,1-3H3,(H,27,30). The van der Waals surface area contributed by atoms with Crippen molar-refractivity contribution in [3.05, 3.63) is 71.3 Å². The number of carbonyl (C=O) groups is 1. The van der Waals surface area contributed by atoms with Crippen LogP contribution in [-0.4, -0.2) is 43.2 Å². The Morgan fingerprint density at radius 1 is 1.16 bits per heavy atom. The third kappa shape index (κ3) is 4.68. The topological polar surface area (TPSA) is 44.4 Å². The van der Waals surface area contributed by atoms with Gasteiger partial charge < -0.3 is 15.5 Å². The van der Waals surface area contributed by atoms with Crippen molar-refractivity contribution in [1.29, 1.82) is 0 Å². The van der Waals surface area contributed by atoms with Crippen molar-refractivity contribution in [2.24, 2.45) is 5.92 Å². The molecule has 0 aromatic heterocycles. The summed E-state index contributed by atoms with van der Waals surface area (Å²) in [6, 6.07) is 15.3. The molecule has 4 nitrogen and oxygen atoms in total. The summed E-state index contributed by atoms with van der Waals surface area (Å²) < 4.78 is 0. The van der Waals surface area contributed by atoms with Crippen LogP contribution in [0.15, 0.2) is 59.5 Å². The summed E-state index contributed by atoms with van der Waals surface area (Å²) in [6.07, 6.45) is 7.80. The second-order valence-corrected chi connectivity index (χ2v) is 9.21. The Bertz CT molecular complexity index is 936. The maximum absolute atomic E-state index is 12.8. The van der Waals surface area contributed by atoms with Crippen LogP contribution in [0.2, 0.25) is 0 Å². The minimum absolute atomic E-state index is 0.0169. The number of benzene rings is 2. The van der Waals surface area contributed by atoms with Crippen molar-refractivity contribution in [3.63, 3.8) is 0 Å². The summed E-state index contributed by atoms with van der Waals surface area (Å²) in [5.74, 6) is 0.849. The van der Waals surface area contributed by atoms with Crippen molar-refractivity contribution < 1.29 is 4.79 Å². The van der Waals surface area contributed by atoms with E-state index in [2.05, 4.69) is 84.2 Å². The summed E-state index contributed by atoms with van der Waals surface area (Å²) in [7, 11) is 0. The fraction of sp³-hybridized carbons (Fsp3) is 0.423. The van der Waals surface area contributed by atoms with Gasteiger partial charge in [-0.15, -0.1) is 11.8 Å². The fourth-order valence-electron chi connectivity index (χ4n) is 4.85.